The Balaban J connectivity index is 2.14. The highest BCUT2D eigenvalue weighted by molar-refractivity contribution is 9.10. The van der Waals surface area contributed by atoms with Crippen LogP contribution < -0.4 is 0 Å². The van der Waals surface area contributed by atoms with E-state index in [1.54, 1.807) is 0 Å². The van der Waals surface area contributed by atoms with Crippen molar-refractivity contribution >= 4 is 15.9 Å². The van der Waals surface area contributed by atoms with E-state index in [0.29, 0.717) is 29.3 Å². The average molecular weight is 369 g/mol. The maximum absolute atomic E-state index is 13.2. The van der Waals surface area contributed by atoms with Crippen LogP contribution in [0.4, 0.5) is 17.6 Å². The number of aliphatic hydroxyl groups excluding tert-OH is 1. The van der Waals surface area contributed by atoms with Crippen LogP contribution in [0.1, 0.15) is 31.2 Å². The zero-order chi connectivity index (χ0) is 15.6. The van der Waals surface area contributed by atoms with E-state index >= 15 is 0 Å². The summed E-state index contributed by atoms with van der Waals surface area (Å²) < 4.78 is 53.0. The molecule has 2 rings (SSSR count). The largest absolute Gasteiger partial charge is 0.392 e. The minimum Gasteiger partial charge on any atom is -0.392 e. The lowest BCUT2D eigenvalue weighted by Crippen LogP contribution is -2.40. The number of hydrogen-bond donors (Lipinski definition) is 1. The monoisotopic (exact) mass is 368 g/mol. The number of hydrogen-bond acceptors (Lipinski definition) is 1. The number of rotatable bonds is 3. The van der Waals surface area contributed by atoms with Crippen molar-refractivity contribution in [2.24, 2.45) is 11.8 Å². The first-order valence-corrected chi connectivity index (χ1v) is 7.77. The molecule has 3 atom stereocenters. The van der Waals surface area contributed by atoms with Gasteiger partial charge in [0.2, 0.25) is 0 Å². The highest BCUT2D eigenvalue weighted by atomic mass is 79.9. The fourth-order valence-electron chi connectivity index (χ4n) is 3.10. The fraction of sp³-hybridized carbons (Fsp3) is 0.600. The van der Waals surface area contributed by atoms with Crippen molar-refractivity contribution in [3.05, 3.63) is 34.1 Å². The Morgan fingerprint density at radius 2 is 1.90 bits per heavy atom. The summed E-state index contributed by atoms with van der Waals surface area (Å²) in [6.45, 7) is 0. The van der Waals surface area contributed by atoms with Gasteiger partial charge in [-0.05, 0) is 48.9 Å². The van der Waals surface area contributed by atoms with Gasteiger partial charge in [-0.15, -0.1) is 0 Å². The van der Waals surface area contributed by atoms with Gasteiger partial charge in [0.1, 0.15) is 5.82 Å². The summed E-state index contributed by atoms with van der Waals surface area (Å²) in [4.78, 5) is 0. The van der Waals surface area contributed by atoms with Gasteiger partial charge in [-0.1, -0.05) is 28.8 Å². The van der Waals surface area contributed by atoms with Crippen LogP contribution in [0.3, 0.4) is 0 Å². The Bertz CT molecular complexity index is 489. The van der Waals surface area contributed by atoms with E-state index in [2.05, 4.69) is 15.9 Å². The molecule has 0 amide bonds. The van der Waals surface area contributed by atoms with Crippen molar-refractivity contribution in [1.82, 2.24) is 0 Å². The van der Waals surface area contributed by atoms with Gasteiger partial charge < -0.3 is 5.11 Å². The smallest absolute Gasteiger partial charge is 0.392 e. The molecule has 3 unspecified atom stereocenters. The van der Waals surface area contributed by atoms with Crippen molar-refractivity contribution in [2.45, 2.75) is 44.4 Å². The number of alkyl halides is 3. The molecule has 0 spiro atoms. The molecule has 0 radical (unpaired) electrons. The second kappa shape index (κ2) is 6.65. The molecule has 0 bridgehead atoms. The highest BCUT2D eigenvalue weighted by Gasteiger charge is 2.47. The van der Waals surface area contributed by atoms with E-state index in [9.17, 15) is 22.7 Å². The van der Waals surface area contributed by atoms with Crippen LogP contribution >= 0.6 is 15.9 Å². The molecule has 118 valence electrons. The van der Waals surface area contributed by atoms with Gasteiger partial charge in [0.15, 0.2) is 0 Å². The molecular weight excluding hydrogens is 352 g/mol. The van der Waals surface area contributed by atoms with E-state index in [1.165, 1.54) is 18.2 Å². The third kappa shape index (κ3) is 4.19. The lowest BCUT2D eigenvalue weighted by atomic mass is 9.74. The predicted molar refractivity (Wildman–Crippen MR) is 75.3 cm³/mol. The summed E-state index contributed by atoms with van der Waals surface area (Å²) in [5.74, 6) is -2.74. The summed E-state index contributed by atoms with van der Waals surface area (Å²) in [7, 11) is 0. The van der Waals surface area contributed by atoms with Crippen LogP contribution in [0.15, 0.2) is 22.7 Å². The van der Waals surface area contributed by atoms with Crippen molar-refractivity contribution in [3.8, 4) is 0 Å². The van der Waals surface area contributed by atoms with Gasteiger partial charge in [0, 0.05) is 4.47 Å². The van der Waals surface area contributed by atoms with Gasteiger partial charge >= 0.3 is 6.18 Å². The van der Waals surface area contributed by atoms with Gasteiger partial charge in [-0.25, -0.2) is 4.39 Å². The number of benzene rings is 1. The lowest BCUT2D eigenvalue weighted by Gasteiger charge is -2.36. The van der Waals surface area contributed by atoms with Crippen LogP contribution in [0.5, 0.6) is 0 Å². The predicted octanol–water partition coefficient (Wildman–Crippen LogP) is 4.86. The molecule has 21 heavy (non-hydrogen) atoms. The number of halogens is 5. The van der Waals surface area contributed by atoms with Crippen molar-refractivity contribution in [2.75, 3.05) is 0 Å². The summed E-state index contributed by atoms with van der Waals surface area (Å²) in [6.07, 6.45) is -3.72. The SMILES string of the molecule is OC(Cc1cc(F)ccc1Br)C1CCCCC1C(F)(F)F. The normalized spacial score (nSPS) is 24.9. The Kier molecular flexibility index (Phi) is 5.30. The summed E-state index contributed by atoms with van der Waals surface area (Å²) in [5.41, 5.74) is 0.494. The van der Waals surface area contributed by atoms with Gasteiger partial charge in [-0.3, -0.25) is 0 Å². The first-order chi connectivity index (χ1) is 9.79. The molecule has 1 saturated carbocycles. The highest BCUT2D eigenvalue weighted by Crippen LogP contribution is 2.43. The first-order valence-electron chi connectivity index (χ1n) is 6.97. The van der Waals surface area contributed by atoms with Crippen molar-refractivity contribution < 1.29 is 22.7 Å². The van der Waals surface area contributed by atoms with Gasteiger partial charge in [0.25, 0.3) is 0 Å². The molecule has 1 fully saturated rings. The van der Waals surface area contributed by atoms with E-state index in [1.807, 2.05) is 0 Å². The van der Waals surface area contributed by atoms with Crippen LogP contribution in [-0.2, 0) is 6.42 Å². The molecule has 1 nitrogen and oxygen atoms in total. The van der Waals surface area contributed by atoms with Gasteiger partial charge in [-0.2, -0.15) is 13.2 Å². The summed E-state index contributed by atoms with van der Waals surface area (Å²) in [6, 6.07) is 4.01. The standard InChI is InChI=1S/C15H17BrF4O/c16-13-6-5-10(17)7-9(13)8-14(21)11-3-1-2-4-12(11)15(18,19)20/h5-7,11-12,14,21H,1-4,8H2. The average Bonchev–Trinajstić information content (AvgIpc) is 2.42. The Hall–Kier alpha value is -0.620. The molecule has 6 heteroatoms. The fourth-order valence-corrected chi connectivity index (χ4v) is 3.51. The molecule has 1 aromatic rings. The zero-order valence-electron chi connectivity index (χ0n) is 11.3. The topological polar surface area (TPSA) is 20.2 Å². The Morgan fingerprint density at radius 1 is 1.24 bits per heavy atom. The second-order valence-electron chi connectivity index (χ2n) is 5.60. The van der Waals surface area contributed by atoms with Crippen molar-refractivity contribution in [3.63, 3.8) is 0 Å². The lowest BCUT2D eigenvalue weighted by molar-refractivity contribution is -0.206. The van der Waals surface area contributed by atoms with E-state index in [4.69, 9.17) is 0 Å². The van der Waals surface area contributed by atoms with E-state index in [-0.39, 0.29) is 12.8 Å². The molecule has 0 aliphatic heterocycles. The zero-order valence-corrected chi connectivity index (χ0v) is 12.9. The Morgan fingerprint density at radius 3 is 2.57 bits per heavy atom. The molecule has 1 aliphatic rings. The third-order valence-electron chi connectivity index (χ3n) is 4.17. The third-order valence-corrected chi connectivity index (χ3v) is 4.94. The van der Waals surface area contributed by atoms with E-state index in [0.717, 1.165) is 0 Å². The maximum Gasteiger partial charge on any atom is 0.392 e. The summed E-state index contributed by atoms with van der Waals surface area (Å²) in [5, 5.41) is 10.2. The van der Waals surface area contributed by atoms with E-state index < -0.39 is 29.9 Å². The van der Waals surface area contributed by atoms with Crippen molar-refractivity contribution in [1.29, 1.82) is 0 Å². The first kappa shape index (κ1) is 16.7. The molecule has 0 heterocycles. The quantitative estimate of drug-likeness (QED) is 0.755. The number of aliphatic hydroxyl groups is 1. The minimum absolute atomic E-state index is 0.0234. The molecule has 1 N–H and O–H groups in total. The molecular formula is C15H17BrF4O. The molecule has 1 aromatic carbocycles. The molecule has 0 aromatic heterocycles. The molecule has 1 aliphatic carbocycles. The summed E-state index contributed by atoms with van der Waals surface area (Å²) >= 11 is 3.24. The molecule has 0 saturated heterocycles. The van der Waals surface area contributed by atoms with Crippen LogP contribution in [0.25, 0.3) is 0 Å². The Labute approximate surface area is 129 Å². The van der Waals surface area contributed by atoms with Crippen LogP contribution in [-0.4, -0.2) is 17.4 Å². The van der Waals surface area contributed by atoms with Crippen LogP contribution in [0, 0.1) is 17.7 Å². The maximum atomic E-state index is 13.2. The van der Waals surface area contributed by atoms with Crippen LogP contribution in [0.2, 0.25) is 0 Å². The second-order valence-corrected chi connectivity index (χ2v) is 6.46. The minimum atomic E-state index is -4.29. The van der Waals surface area contributed by atoms with Gasteiger partial charge in [0.05, 0.1) is 12.0 Å².